The molecule has 0 fully saturated rings. The number of carbonyl (C=O) groups is 2. The number of rotatable bonds is 8. The molecule has 0 bridgehead atoms. The summed E-state index contributed by atoms with van der Waals surface area (Å²) in [6.07, 6.45) is 0. The highest BCUT2D eigenvalue weighted by molar-refractivity contribution is 8.00. The maximum Gasteiger partial charge on any atom is 0.316 e. The highest BCUT2D eigenvalue weighted by Gasteiger charge is 2.10. The first kappa shape index (κ1) is 18.8. The van der Waals surface area contributed by atoms with Crippen molar-refractivity contribution >= 4 is 23.6 Å². The first-order valence-electron chi connectivity index (χ1n) is 7.51. The number of halogens is 1. The van der Waals surface area contributed by atoms with Gasteiger partial charge in [0.15, 0.2) is 6.61 Å². The van der Waals surface area contributed by atoms with Gasteiger partial charge in [-0.2, -0.15) is 0 Å². The Balaban J connectivity index is 1.66. The maximum atomic E-state index is 13.4. The second-order valence-corrected chi connectivity index (χ2v) is 6.02. The van der Waals surface area contributed by atoms with E-state index in [4.69, 9.17) is 9.47 Å². The van der Waals surface area contributed by atoms with Gasteiger partial charge in [0.05, 0.1) is 12.9 Å². The minimum atomic E-state index is -0.576. The fourth-order valence-electron chi connectivity index (χ4n) is 1.88. The third kappa shape index (κ3) is 6.46. The van der Waals surface area contributed by atoms with Gasteiger partial charge in [0.2, 0.25) is 0 Å². The SMILES string of the molecule is COc1ccc(CNC(=O)COC(=O)CSc2ccccc2F)cc1. The van der Waals surface area contributed by atoms with Gasteiger partial charge in [-0.3, -0.25) is 9.59 Å². The lowest BCUT2D eigenvalue weighted by Crippen LogP contribution is -2.28. The number of nitrogens with one attached hydrogen (secondary N) is 1. The number of esters is 1. The molecule has 0 aliphatic rings. The smallest absolute Gasteiger partial charge is 0.316 e. The van der Waals surface area contributed by atoms with E-state index in [0.717, 1.165) is 23.1 Å². The highest BCUT2D eigenvalue weighted by Crippen LogP contribution is 2.21. The van der Waals surface area contributed by atoms with Gasteiger partial charge in [-0.1, -0.05) is 24.3 Å². The molecule has 1 amide bonds. The number of ether oxygens (including phenoxy) is 2. The Kier molecular flexibility index (Phi) is 7.28. The van der Waals surface area contributed by atoms with Crippen LogP contribution in [0.5, 0.6) is 5.75 Å². The predicted molar refractivity (Wildman–Crippen MR) is 92.9 cm³/mol. The molecule has 0 heterocycles. The Morgan fingerprint density at radius 2 is 1.84 bits per heavy atom. The third-order valence-electron chi connectivity index (χ3n) is 3.20. The van der Waals surface area contributed by atoms with Crippen LogP contribution in [-0.2, 0) is 20.9 Å². The number of carbonyl (C=O) groups excluding carboxylic acids is 2. The van der Waals surface area contributed by atoms with Gasteiger partial charge in [-0.15, -0.1) is 11.8 Å². The van der Waals surface area contributed by atoms with E-state index in [0.29, 0.717) is 11.4 Å². The fourth-order valence-corrected chi connectivity index (χ4v) is 2.62. The molecule has 1 N–H and O–H groups in total. The minimum absolute atomic E-state index is 0.0628. The first-order chi connectivity index (χ1) is 12.1. The van der Waals surface area contributed by atoms with E-state index in [-0.39, 0.29) is 12.4 Å². The topological polar surface area (TPSA) is 64.6 Å². The Hall–Kier alpha value is -2.54. The summed E-state index contributed by atoms with van der Waals surface area (Å²) < 4.78 is 23.3. The average Bonchev–Trinajstić information content (AvgIpc) is 2.64. The monoisotopic (exact) mass is 363 g/mol. The molecule has 0 aliphatic heterocycles. The van der Waals surface area contributed by atoms with Crippen molar-refractivity contribution < 1.29 is 23.5 Å². The second-order valence-electron chi connectivity index (χ2n) is 5.00. The number of amides is 1. The predicted octanol–water partition coefficient (Wildman–Crippen LogP) is 2.79. The van der Waals surface area contributed by atoms with Gasteiger partial charge in [-0.25, -0.2) is 4.39 Å². The normalized spacial score (nSPS) is 10.2. The van der Waals surface area contributed by atoms with E-state index in [2.05, 4.69) is 5.32 Å². The molecule has 0 radical (unpaired) electrons. The van der Waals surface area contributed by atoms with E-state index in [1.54, 1.807) is 37.4 Å². The van der Waals surface area contributed by atoms with Gasteiger partial charge < -0.3 is 14.8 Å². The van der Waals surface area contributed by atoms with E-state index in [1.165, 1.54) is 6.07 Å². The summed E-state index contributed by atoms with van der Waals surface area (Å²) in [6.45, 7) is -0.0445. The lowest BCUT2D eigenvalue weighted by atomic mass is 10.2. The molecule has 7 heteroatoms. The van der Waals surface area contributed by atoms with E-state index in [1.807, 2.05) is 12.1 Å². The lowest BCUT2D eigenvalue weighted by Gasteiger charge is -2.07. The van der Waals surface area contributed by atoms with Crippen LogP contribution in [-0.4, -0.2) is 31.3 Å². The van der Waals surface area contributed by atoms with Crippen LogP contribution in [0.15, 0.2) is 53.4 Å². The van der Waals surface area contributed by atoms with Crippen molar-refractivity contribution in [3.05, 3.63) is 59.9 Å². The van der Waals surface area contributed by atoms with Crippen molar-refractivity contribution in [1.82, 2.24) is 5.32 Å². The van der Waals surface area contributed by atoms with Gasteiger partial charge in [0.1, 0.15) is 11.6 Å². The Labute approximate surface area is 149 Å². The number of methoxy groups -OCH3 is 1. The van der Waals surface area contributed by atoms with Crippen molar-refractivity contribution in [2.45, 2.75) is 11.4 Å². The van der Waals surface area contributed by atoms with Crippen molar-refractivity contribution in [2.75, 3.05) is 19.5 Å². The summed E-state index contributed by atoms with van der Waals surface area (Å²) in [6, 6.07) is 13.4. The Morgan fingerprint density at radius 1 is 1.12 bits per heavy atom. The molecule has 0 spiro atoms. The summed E-state index contributed by atoms with van der Waals surface area (Å²) in [4.78, 5) is 23.7. The summed E-state index contributed by atoms with van der Waals surface area (Å²) in [5.41, 5.74) is 0.899. The molecule has 0 aromatic heterocycles. The van der Waals surface area contributed by atoms with E-state index >= 15 is 0 Å². The zero-order valence-corrected chi connectivity index (χ0v) is 14.5. The largest absolute Gasteiger partial charge is 0.497 e. The summed E-state index contributed by atoms with van der Waals surface area (Å²) in [7, 11) is 1.58. The molecule has 0 saturated carbocycles. The number of benzene rings is 2. The average molecular weight is 363 g/mol. The van der Waals surface area contributed by atoms with Crippen LogP contribution >= 0.6 is 11.8 Å². The van der Waals surface area contributed by atoms with Gasteiger partial charge in [-0.05, 0) is 29.8 Å². The molecule has 0 saturated heterocycles. The van der Waals surface area contributed by atoms with Crippen LogP contribution in [0.25, 0.3) is 0 Å². The molecule has 2 aromatic rings. The molecular weight excluding hydrogens is 345 g/mol. The highest BCUT2D eigenvalue weighted by atomic mass is 32.2. The van der Waals surface area contributed by atoms with Crippen molar-refractivity contribution in [3.8, 4) is 5.75 Å². The van der Waals surface area contributed by atoms with E-state index in [9.17, 15) is 14.0 Å². The molecule has 132 valence electrons. The number of hydrogen-bond acceptors (Lipinski definition) is 5. The molecule has 2 rings (SSSR count). The van der Waals surface area contributed by atoms with Crippen molar-refractivity contribution in [2.24, 2.45) is 0 Å². The first-order valence-corrected chi connectivity index (χ1v) is 8.49. The standard InChI is InChI=1S/C18H18FNO4S/c1-23-14-8-6-13(7-9-14)10-20-17(21)11-24-18(22)12-25-16-5-3-2-4-15(16)19/h2-9H,10-12H2,1H3,(H,20,21). The van der Waals surface area contributed by atoms with Gasteiger partial charge >= 0.3 is 5.97 Å². The fraction of sp³-hybridized carbons (Fsp3) is 0.222. The maximum absolute atomic E-state index is 13.4. The molecule has 0 unspecified atom stereocenters. The van der Waals surface area contributed by atoms with E-state index < -0.39 is 17.7 Å². The molecule has 0 aliphatic carbocycles. The van der Waals surface area contributed by atoms with Crippen LogP contribution in [0, 0.1) is 5.82 Å². The van der Waals surface area contributed by atoms with Crippen molar-refractivity contribution in [1.29, 1.82) is 0 Å². The summed E-state index contributed by atoms with van der Waals surface area (Å²) in [5, 5.41) is 2.65. The quantitative estimate of drug-likeness (QED) is 0.577. The van der Waals surface area contributed by atoms with Crippen molar-refractivity contribution in [3.63, 3.8) is 0 Å². The third-order valence-corrected chi connectivity index (χ3v) is 4.22. The van der Waals surface area contributed by atoms with Crippen LogP contribution in [0.3, 0.4) is 0 Å². The Bertz CT molecular complexity index is 721. The molecule has 25 heavy (non-hydrogen) atoms. The molecule has 0 atom stereocenters. The summed E-state index contributed by atoms with van der Waals surface area (Å²) >= 11 is 1.03. The molecule has 2 aromatic carbocycles. The second kappa shape index (κ2) is 9.68. The number of thioether (sulfide) groups is 1. The molecule has 5 nitrogen and oxygen atoms in total. The van der Waals surface area contributed by atoms with Gasteiger partial charge in [0, 0.05) is 11.4 Å². The van der Waals surface area contributed by atoms with Crippen LogP contribution in [0.2, 0.25) is 0 Å². The molecular formula is C18H18FNO4S. The Morgan fingerprint density at radius 3 is 2.52 bits per heavy atom. The zero-order chi connectivity index (χ0) is 18.1. The minimum Gasteiger partial charge on any atom is -0.497 e. The zero-order valence-electron chi connectivity index (χ0n) is 13.7. The van der Waals surface area contributed by atoms with Crippen LogP contribution in [0.1, 0.15) is 5.56 Å². The lowest BCUT2D eigenvalue weighted by molar-refractivity contribution is -0.145. The number of hydrogen-bond donors (Lipinski definition) is 1. The van der Waals surface area contributed by atoms with Gasteiger partial charge in [0.25, 0.3) is 5.91 Å². The van der Waals surface area contributed by atoms with Crippen LogP contribution < -0.4 is 10.1 Å². The summed E-state index contributed by atoms with van der Waals surface area (Å²) in [5.74, 6) is -0.700. The van der Waals surface area contributed by atoms with Crippen LogP contribution in [0.4, 0.5) is 4.39 Å².